The molecule has 2 fully saturated rings. The second kappa shape index (κ2) is 10.2. The molecule has 2 aliphatic rings. The Kier molecular flexibility index (Phi) is 7.41. The summed E-state index contributed by atoms with van der Waals surface area (Å²) in [5.74, 6) is 0.742. The van der Waals surface area contributed by atoms with Gasteiger partial charge in [0, 0.05) is 13.1 Å². The molecule has 1 amide bonds. The van der Waals surface area contributed by atoms with Crippen molar-refractivity contribution >= 4 is 12.4 Å². The van der Waals surface area contributed by atoms with Crippen molar-refractivity contribution in [3.8, 4) is 5.75 Å². The lowest BCUT2D eigenvalue weighted by Gasteiger charge is -2.35. The van der Waals surface area contributed by atoms with Crippen molar-refractivity contribution in [2.24, 2.45) is 0 Å². The highest BCUT2D eigenvalue weighted by atomic mass is 19.1. The van der Waals surface area contributed by atoms with Gasteiger partial charge in [0.15, 0.2) is 0 Å². The second-order valence-corrected chi connectivity index (χ2v) is 7.70. The zero-order chi connectivity index (χ0) is 21.5. The fraction of sp³-hybridized carbons (Fsp3) is 0.391. The number of hydrogen-bond acceptors (Lipinski definition) is 4. The van der Waals surface area contributed by atoms with E-state index in [-0.39, 0.29) is 24.2 Å². The van der Waals surface area contributed by atoms with Crippen molar-refractivity contribution in [1.29, 1.82) is 0 Å². The smallest absolute Gasteiger partial charge is 0.290 e. The molecular weight excluding hydrogens is 387 g/mol. The Balaban J connectivity index is 0.000000806. The van der Waals surface area contributed by atoms with Crippen LogP contribution in [-0.2, 0) is 16.1 Å². The Morgan fingerprint density at radius 1 is 0.967 bits per heavy atom. The van der Waals surface area contributed by atoms with Crippen LogP contribution in [0.4, 0.5) is 4.39 Å². The topological polar surface area (TPSA) is 81.1 Å². The molecule has 7 heteroatoms. The number of phenolic OH excluding ortho intramolecular Hbond substituents is 1. The molecule has 1 atom stereocenters. The van der Waals surface area contributed by atoms with E-state index in [2.05, 4.69) is 4.90 Å². The van der Waals surface area contributed by atoms with E-state index < -0.39 is 0 Å². The molecule has 2 saturated heterocycles. The highest BCUT2D eigenvalue weighted by Gasteiger charge is 2.37. The summed E-state index contributed by atoms with van der Waals surface area (Å²) in [4.78, 5) is 25.4. The summed E-state index contributed by atoms with van der Waals surface area (Å²) < 4.78 is 13.1. The van der Waals surface area contributed by atoms with Gasteiger partial charge in [0.2, 0.25) is 5.91 Å². The number of carboxylic acid groups (broad SMARTS) is 1. The van der Waals surface area contributed by atoms with Gasteiger partial charge < -0.3 is 15.1 Å². The van der Waals surface area contributed by atoms with E-state index in [9.17, 15) is 14.3 Å². The number of likely N-dealkylation sites (tertiary alicyclic amines) is 2. The molecule has 0 unspecified atom stereocenters. The molecule has 160 valence electrons. The molecule has 0 aliphatic carbocycles. The molecule has 6 nitrogen and oxygen atoms in total. The zero-order valence-electron chi connectivity index (χ0n) is 16.8. The van der Waals surface area contributed by atoms with E-state index in [1.165, 1.54) is 17.7 Å². The largest absolute Gasteiger partial charge is 0.508 e. The lowest BCUT2D eigenvalue weighted by Crippen LogP contribution is -2.45. The molecule has 0 spiro atoms. The highest BCUT2D eigenvalue weighted by molar-refractivity contribution is 5.84. The van der Waals surface area contributed by atoms with E-state index in [0.29, 0.717) is 18.2 Å². The number of carbonyl (C=O) groups excluding carboxylic acids is 1. The fourth-order valence-electron chi connectivity index (χ4n) is 4.32. The van der Waals surface area contributed by atoms with Crippen LogP contribution >= 0.6 is 0 Å². The van der Waals surface area contributed by atoms with Crippen molar-refractivity contribution in [2.45, 2.75) is 37.8 Å². The summed E-state index contributed by atoms with van der Waals surface area (Å²) in [6.07, 6.45) is 2.93. The maximum Gasteiger partial charge on any atom is 0.290 e. The third kappa shape index (κ3) is 5.36. The Hall–Kier alpha value is -2.93. The van der Waals surface area contributed by atoms with Crippen molar-refractivity contribution < 1.29 is 24.2 Å². The number of hydrogen-bond donors (Lipinski definition) is 2. The second-order valence-electron chi connectivity index (χ2n) is 7.70. The standard InChI is InChI=1S/C22H25FN2O2.CH2O2/c23-19-5-1-16(2-6-19)15-25-14-11-21(22(25)27)24-12-9-18(10-13-24)17-3-7-20(26)8-4-17;2-1-3/h1-8,18,21,26H,9-15H2;1H,(H,2,3)/t21-;/m0./s1. The molecule has 2 heterocycles. The normalized spacial score (nSPS) is 20.0. The summed E-state index contributed by atoms with van der Waals surface area (Å²) in [5, 5.41) is 16.3. The summed E-state index contributed by atoms with van der Waals surface area (Å²) in [5.41, 5.74) is 2.24. The molecule has 0 bridgehead atoms. The maximum atomic E-state index is 13.1. The van der Waals surface area contributed by atoms with E-state index in [0.717, 1.165) is 44.5 Å². The van der Waals surface area contributed by atoms with Gasteiger partial charge in [-0.15, -0.1) is 0 Å². The van der Waals surface area contributed by atoms with Crippen LogP contribution in [0.1, 0.15) is 36.3 Å². The number of benzene rings is 2. The first-order valence-corrected chi connectivity index (χ1v) is 10.2. The van der Waals surface area contributed by atoms with Crippen LogP contribution in [0.15, 0.2) is 48.5 Å². The van der Waals surface area contributed by atoms with E-state index in [1.54, 1.807) is 24.3 Å². The first-order valence-electron chi connectivity index (χ1n) is 10.2. The predicted octanol–water partition coefficient (Wildman–Crippen LogP) is 3.21. The maximum absolute atomic E-state index is 13.1. The van der Waals surface area contributed by atoms with Gasteiger partial charge in [0.25, 0.3) is 6.47 Å². The minimum absolute atomic E-state index is 0.0220. The number of halogens is 1. The Morgan fingerprint density at radius 2 is 1.57 bits per heavy atom. The minimum Gasteiger partial charge on any atom is -0.508 e. The van der Waals surface area contributed by atoms with E-state index in [1.807, 2.05) is 17.0 Å². The molecule has 2 aliphatic heterocycles. The lowest BCUT2D eigenvalue weighted by molar-refractivity contribution is -0.133. The first-order chi connectivity index (χ1) is 14.5. The van der Waals surface area contributed by atoms with Gasteiger partial charge in [-0.25, -0.2) is 4.39 Å². The third-order valence-electron chi connectivity index (χ3n) is 5.89. The van der Waals surface area contributed by atoms with E-state index >= 15 is 0 Å². The first kappa shape index (κ1) is 21.8. The number of amides is 1. The molecular formula is C23H27FN2O4. The van der Waals surface area contributed by atoms with Crippen molar-refractivity contribution in [2.75, 3.05) is 19.6 Å². The van der Waals surface area contributed by atoms with Gasteiger partial charge in [0.1, 0.15) is 11.6 Å². The van der Waals surface area contributed by atoms with Crippen LogP contribution in [0.5, 0.6) is 5.75 Å². The van der Waals surface area contributed by atoms with Crippen LogP contribution in [0.3, 0.4) is 0 Å². The van der Waals surface area contributed by atoms with Crippen LogP contribution in [0, 0.1) is 5.82 Å². The Labute approximate surface area is 175 Å². The molecule has 0 saturated carbocycles. The van der Waals surface area contributed by atoms with Crippen LogP contribution < -0.4 is 0 Å². The lowest BCUT2D eigenvalue weighted by atomic mass is 9.89. The van der Waals surface area contributed by atoms with Crippen LogP contribution in [-0.4, -0.2) is 58.1 Å². The fourth-order valence-corrected chi connectivity index (χ4v) is 4.32. The average molecular weight is 414 g/mol. The number of nitrogens with zero attached hydrogens (tertiary/aromatic N) is 2. The number of carbonyl (C=O) groups is 2. The highest BCUT2D eigenvalue weighted by Crippen LogP contribution is 2.31. The summed E-state index contributed by atoms with van der Waals surface area (Å²) in [7, 11) is 0. The molecule has 0 radical (unpaired) electrons. The molecule has 2 aromatic rings. The molecule has 2 N–H and O–H groups in total. The van der Waals surface area contributed by atoms with Crippen LogP contribution in [0.25, 0.3) is 0 Å². The van der Waals surface area contributed by atoms with Crippen molar-refractivity contribution in [3.63, 3.8) is 0 Å². The average Bonchev–Trinajstić information content (AvgIpc) is 3.11. The summed E-state index contributed by atoms with van der Waals surface area (Å²) in [6, 6.07) is 13.9. The number of aromatic hydroxyl groups is 1. The van der Waals surface area contributed by atoms with Crippen LogP contribution in [0.2, 0.25) is 0 Å². The molecule has 30 heavy (non-hydrogen) atoms. The Morgan fingerprint density at radius 3 is 2.17 bits per heavy atom. The monoisotopic (exact) mass is 414 g/mol. The van der Waals surface area contributed by atoms with Crippen molar-refractivity contribution in [1.82, 2.24) is 9.80 Å². The number of rotatable bonds is 4. The van der Waals surface area contributed by atoms with Gasteiger partial charge in [-0.1, -0.05) is 24.3 Å². The van der Waals surface area contributed by atoms with Gasteiger partial charge in [0.05, 0.1) is 6.04 Å². The Bertz CT molecular complexity index is 833. The zero-order valence-corrected chi connectivity index (χ0v) is 16.8. The molecule has 4 rings (SSSR count). The van der Waals surface area contributed by atoms with Gasteiger partial charge in [-0.3, -0.25) is 14.5 Å². The van der Waals surface area contributed by atoms with Crippen molar-refractivity contribution in [3.05, 3.63) is 65.5 Å². The SMILES string of the molecule is O=C1[C@@H](N2CCC(c3ccc(O)cc3)CC2)CCN1Cc1ccc(F)cc1.O=CO. The minimum atomic E-state index is -0.250. The van der Waals surface area contributed by atoms with Gasteiger partial charge in [-0.2, -0.15) is 0 Å². The predicted molar refractivity (Wildman–Crippen MR) is 111 cm³/mol. The molecule has 0 aromatic heterocycles. The summed E-state index contributed by atoms with van der Waals surface area (Å²) in [6.45, 7) is 2.91. The van der Waals surface area contributed by atoms with Gasteiger partial charge in [-0.05, 0) is 73.7 Å². The number of phenols is 1. The molecule has 2 aromatic carbocycles. The summed E-state index contributed by atoms with van der Waals surface area (Å²) >= 11 is 0. The quantitative estimate of drug-likeness (QED) is 0.751. The van der Waals surface area contributed by atoms with E-state index in [4.69, 9.17) is 9.90 Å². The third-order valence-corrected chi connectivity index (χ3v) is 5.89. The van der Waals surface area contributed by atoms with Gasteiger partial charge >= 0.3 is 0 Å². The number of piperidine rings is 1.